The van der Waals surface area contributed by atoms with E-state index in [9.17, 15) is 0 Å². The van der Waals surface area contributed by atoms with Crippen LogP contribution in [0.15, 0.2) is 30.3 Å². The minimum Gasteiger partial charge on any atom is -0.400 e. The second kappa shape index (κ2) is 5.44. The summed E-state index contributed by atoms with van der Waals surface area (Å²) in [7, 11) is 1.00. The maximum absolute atomic E-state index is 7.01. The van der Waals surface area contributed by atoms with Gasteiger partial charge in [0.25, 0.3) is 0 Å². The van der Waals surface area contributed by atoms with Crippen molar-refractivity contribution in [1.82, 2.24) is 0 Å². The van der Waals surface area contributed by atoms with E-state index in [2.05, 4.69) is 0 Å². The zero-order valence-corrected chi connectivity index (χ0v) is 6.41. The van der Waals surface area contributed by atoms with Crippen LogP contribution in [0.5, 0.6) is 0 Å². The Labute approximate surface area is 66.0 Å². The molecule has 0 aromatic heterocycles. The van der Waals surface area contributed by atoms with Crippen LogP contribution in [0.3, 0.4) is 0 Å². The molecule has 0 fully saturated rings. The fourth-order valence-electron chi connectivity index (χ4n) is 0.618. The normalized spacial score (nSPS) is 7.82. The predicted octanol–water partition coefficient (Wildman–Crippen LogP) is 0.579. The molecule has 0 atom stereocenters. The monoisotopic (exact) mass is 152 g/mol. The lowest BCUT2D eigenvalue weighted by atomic mass is 10.2. The lowest BCUT2D eigenvalue weighted by Gasteiger charge is -1.93. The zero-order chi connectivity index (χ0) is 8.69. The van der Waals surface area contributed by atoms with Crippen LogP contribution < -0.4 is 5.73 Å². The van der Waals surface area contributed by atoms with Gasteiger partial charge < -0.3 is 10.8 Å². The molecule has 0 heterocycles. The smallest absolute Gasteiger partial charge is 0.122 e. The van der Waals surface area contributed by atoms with Gasteiger partial charge in [-0.2, -0.15) is 0 Å². The first-order valence-electron chi connectivity index (χ1n) is 3.15. The minimum absolute atomic E-state index is 0.121. The van der Waals surface area contributed by atoms with Crippen molar-refractivity contribution < 1.29 is 5.11 Å². The molecular weight excluding hydrogens is 140 g/mol. The second-order valence-electron chi connectivity index (χ2n) is 1.78. The molecule has 3 heteroatoms. The number of nitrogens with one attached hydrogen (secondary N) is 1. The molecule has 1 aromatic carbocycles. The Morgan fingerprint density at radius 2 is 1.73 bits per heavy atom. The van der Waals surface area contributed by atoms with E-state index in [0.29, 0.717) is 0 Å². The Hall–Kier alpha value is -1.35. The van der Waals surface area contributed by atoms with Crippen LogP contribution >= 0.6 is 0 Å². The Morgan fingerprint density at radius 3 is 2.00 bits per heavy atom. The standard InChI is InChI=1S/C7H8N2.CH4O/c8-7(9)6-4-2-1-3-5-6;1-2/h1-5H,(H3,8,9);2H,1H3. The molecule has 0 saturated carbocycles. The van der Waals surface area contributed by atoms with Gasteiger partial charge in [-0.15, -0.1) is 0 Å². The van der Waals surface area contributed by atoms with E-state index in [1.807, 2.05) is 30.3 Å². The van der Waals surface area contributed by atoms with Crippen LogP contribution in [0, 0.1) is 5.41 Å². The first-order chi connectivity index (χ1) is 5.30. The van der Waals surface area contributed by atoms with Gasteiger partial charge in [0.1, 0.15) is 5.84 Å². The van der Waals surface area contributed by atoms with Crippen molar-refractivity contribution in [3.63, 3.8) is 0 Å². The van der Waals surface area contributed by atoms with E-state index in [0.717, 1.165) is 12.7 Å². The van der Waals surface area contributed by atoms with Crippen LogP contribution in [0.2, 0.25) is 0 Å². The highest BCUT2D eigenvalue weighted by Gasteiger charge is 1.89. The van der Waals surface area contributed by atoms with Crippen molar-refractivity contribution in [2.45, 2.75) is 0 Å². The van der Waals surface area contributed by atoms with Crippen LogP contribution in [0.4, 0.5) is 0 Å². The van der Waals surface area contributed by atoms with Gasteiger partial charge in [0.2, 0.25) is 0 Å². The molecule has 0 spiro atoms. The molecule has 1 aromatic rings. The third kappa shape index (κ3) is 3.37. The van der Waals surface area contributed by atoms with Gasteiger partial charge in [0.15, 0.2) is 0 Å². The Morgan fingerprint density at radius 1 is 1.27 bits per heavy atom. The van der Waals surface area contributed by atoms with Gasteiger partial charge in [0.05, 0.1) is 0 Å². The van der Waals surface area contributed by atoms with Crippen LogP contribution in [0.25, 0.3) is 0 Å². The molecule has 3 nitrogen and oxygen atoms in total. The quantitative estimate of drug-likeness (QED) is 0.407. The van der Waals surface area contributed by atoms with Gasteiger partial charge in [-0.25, -0.2) is 0 Å². The number of benzene rings is 1. The topological polar surface area (TPSA) is 70.1 Å². The van der Waals surface area contributed by atoms with E-state index < -0.39 is 0 Å². The Bertz CT molecular complexity index is 209. The van der Waals surface area contributed by atoms with E-state index in [1.165, 1.54) is 0 Å². The molecule has 11 heavy (non-hydrogen) atoms. The van der Waals surface area contributed by atoms with E-state index in [4.69, 9.17) is 16.2 Å². The number of nitrogens with two attached hydrogens (primary N) is 1. The van der Waals surface area contributed by atoms with Gasteiger partial charge >= 0.3 is 0 Å². The van der Waals surface area contributed by atoms with Crippen molar-refractivity contribution in [2.75, 3.05) is 7.11 Å². The summed E-state index contributed by atoms with van der Waals surface area (Å²) in [6.07, 6.45) is 0. The van der Waals surface area contributed by atoms with Gasteiger partial charge in [-0.05, 0) is 0 Å². The molecule has 0 amide bonds. The summed E-state index contributed by atoms with van der Waals surface area (Å²) in [5.74, 6) is 0.121. The number of hydrogen-bond donors (Lipinski definition) is 3. The van der Waals surface area contributed by atoms with E-state index >= 15 is 0 Å². The highest BCUT2D eigenvalue weighted by atomic mass is 16.2. The lowest BCUT2D eigenvalue weighted by molar-refractivity contribution is 0.399. The van der Waals surface area contributed by atoms with Crippen LogP contribution in [-0.2, 0) is 0 Å². The highest BCUT2D eigenvalue weighted by molar-refractivity contribution is 5.94. The summed E-state index contributed by atoms with van der Waals surface area (Å²) in [4.78, 5) is 0. The van der Waals surface area contributed by atoms with Crippen molar-refractivity contribution in [2.24, 2.45) is 5.73 Å². The van der Waals surface area contributed by atoms with Crippen molar-refractivity contribution in [1.29, 1.82) is 5.41 Å². The second-order valence-corrected chi connectivity index (χ2v) is 1.78. The molecular formula is C8H12N2O. The molecule has 1 rings (SSSR count). The van der Waals surface area contributed by atoms with Crippen LogP contribution in [-0.4, -0.2) is 18.1 Å². The van der Waals surface area contributed by atoms with E-state index in [1.54, 1.807) is 0 Å². The number of rotatable bonds is 1. The van der Waals surface area contributed by atoms with Gasteiger partial charge in [-0.3, -0.25) is 5.41 Å². The largest absolute Gasteiger partial charge is 0.400 e. The Balaban J connectivity index is 0.000000461. The SMILES string of the molecule is CO.N=C(N)c1ccccc1. The molecule has 0 aliphatic heterocycles. The fourth-order valence-corrected chi connectivity index (χ4v) is 0.618. The maximum Gasteiger partial charge on any atom is 0.122 e. The van der Waals surface area contributed by atoms with Crippen LogP contribution in [0.1, 0.15) is 5.56 Å². The number of nitrogen functional groups attached to an aromatic ring is 1. The highest BCUT2D eigenvalue weighted by Crippen LogP contribution is 1.94. The molecule has 60 valence electrons. The summed E-state index contributed by atoms with van der Waals surface area (Å²) < 4.78 is 0. The fraction of sp³-hybridized carbons (Fsp3) is 0.125. The predicted molar refractivity (Wildman–Crippen MR) is 45.6 cm³/mol. The zero-order valence-electron chi connectivity index (χ0n) is 6.41. The van der Waals surface area contributed by atoms with Gasteiger partial charge in [0, 0.05) is 12.7 Å². The molecule has 4 N–H and O–H groups in total. The van der Waals surface area contributed by atoms with Gasteiger partial charge in [-0.1, -0.05) is 30.3 Å². The third-order valence-corrected chi connectivity index (χ3v) is 1.08. The van der Waals surface area contributed by atoms with E-state index in [-0.39, 0.29) is 5.84 Å². The van der Waals surface area contributed by atoms with Crippen molar-refractivity contribution in [3.05, 3.63) is 35.9 Å². The molecule has 0 aliphatic carbocycles. The first kappa shape index (κ1) is 9.65. The molecule has 0 bridgehead atoms. The third-order valence-electron chi connectivity index (χ3n) is 1.08. The average Bonchev–Trinajstić information content (AvgIpc) is 2.10. The van der Waals surface area contributed by atoms with Crippen molar-refractivity contribution >= 4 is 5.84 Å². The number of aliphatic hydroxyl groups is 1. The molecule has 0 saturated heterocycles. The number of hydrogen-bond acceptors (Lipinski definition) is 2. The first-order valence-corrected chi connectivity index (χ1v) is 3.15. The van der Waals surface area contributed by atoms with Crippen molar-refractivity contribution in [3.8, 4) is 0 Å². The molecule has 0 radical (unpaired) electrons. The number of aliphatic hydroxyl groups excluding tert-OH is 1. The Kier molecular flexibility index (Phi) is 4.77. The minimum atomic E-state index is 0.121. The average molecular weight is 152 g/mol. The summed E-state index contributed by atoms with van der Waals surface area (Å²) in [5.41, 5.74) is 5.97. The maximum atomic E-state index is 7.01. The lowest BCUT2D eigenvalue weighted by Crippen LogP contribution is -2.10. The molecule has 0 aliphatic rings. The summed E-state index contributed by atoms with van der Waals surface area (Å²) in [6.45, 7) is 0. The summed E-state index contributed by atoms with van der Waals surface area (Å²) in [5, 5.41) is 14.0. The molecule has 0 unspecified atom stereocenters. The summed E-state index contributed by atoms with van der Waals surface area (Å²) in [6, 6.07) is 9.23. The number of amidine groups is 1. The summed E-state index contributed by atoms with van der Waals surface area (Å²) >= 11 is 0.